The Morgan fingerprint density at radius 3 is 0.846 bits per heavy atom. The van der Waals surface area contributed by atoms with E-state index in [1.165, 1.54) is 0 Å². The number of rotatable bonds is 8. The van der Waals surface area contributed by atoms with Crippen LogP contribution in [0.2, 0.25) is 0 Å². The summed E-state index contributed by atoms with van der Waals surface area (Å²) >= 11 is 0. The third kappa shape index (κ3) is 15.9. The van der Waals surface area contributed by atoms with E-state index < -0.39 is 67.5 Å². The van der Waals surface area contributed by atoms with Crippen LogP contribution < -0.4 is 0 Å². The number of carbonyl (C=O) groups is 4. The molecule has 0 bridgehead atoms. The molecule has 2 atom stereocenters. The minimum absolute atomic E-state index is 0. The summed E-state index contributed by atoms with van der Waals surface area (Å²) in [6.45, 7) is 0. The van der Waals surface area contributed by atoms with Crippen LogP contribution in [0.4, 0.5) is 0 Å². The summed E-state index contributed by atoms with van der Waals surface area (Å²) in [5.41, 5.74) is 0. The Bertz CT molecular complexity index is 649. The molecule has 0 rings (SSSR count). The third-order valence-corrected chi connectivity index (χ3v) is 4.16. The standard InChI is InChI=1S/2C4H6O7S.2Na.2H/c2*5-3(6)1-2(4(7)8)12(9,10)11;;;;/h2*2H,1H2,(H,5,6)(H,7,8)(H,9,10,11);;;;. The van der Waals surface area contributed by atoms with E-state index in [1.807, 2.05) is 0 Å². The van der Waals surface area contributed by atoms with Gasteiger partial charge >= 0.3 is 83.0 Å². The summed E-state index contributed by atoms with van der Waals surface area (Å²) in [6, 6.07) is 0. The van der Waals surface area contributed by atoms with Crippen molar-refractivity contribution in [1.29, 1.82) is 0 Å². The van der Waals surface area contributed by atoms with Gasteiger partial charge in [-0.2, -0.15) is 16.8 Å². The van der Waals surface area contributed by atoms with E-state index in [4.69, 9.17) is 29.5 Å². The fourth-order valence-electron chi connectivity index (χ4n) is 0.957. The Labute approximate surface area is 190 Å². The van der Waals surface area contributed by atoms with E-state index in [0.717, 1.165) is 0 Å². The molecule has 0 aliphatic carbocycles. The average Bonchev–Trinajstić information content (AvgIpc) is 2.30. The average molecular weight is 444 g/mol. The molecule has 2 unspecified atom stereocenters. The zero-order valence-electron chi connectivity index (χ0n) is 11.3. The van der Waals surface area contributed by atoms with Gasteiger partial charge < -0.3 is 20.4 Å². The molecule has 26 heavy (non-hydrogen) atoms. The van der Waals surface area contributed by atoms with E-state index in [1.54, 1.807) is 0 Å². The molecule has 0 fully saturated rings. The molecule has 144 valence electrons. The van der Waals surface area contributed by atoms with Crippen LogP contribution in [-0.2, 0) is 39.4 Å². The summed E-state index contributed by atoms with van der Waals surface area (Å²) in [5, 5.41) is 27.8. The SMILES string of the molecule is O=C(O)CC(C(=O)O)S(=O)(=O)O.O=C(O)CC(C(=O)O)S(=O)(=O)O.[NaH].[NaH]. The van der Waals surface area contributed by atoms with Crippen LogP contribution in [0.1, 0.15) is 12.8 Å². The molecule has 0 aromatic rings. The van der Waals surface area contributed by atoms with E-state index in [0.29, 0.717) is 0 Å². The number of carboxylic acid groups (broad SMARTS) is 4. The van der Waals surface area contributed by atoms with Gasteiger partial charge in [0, 0.05) is 0 Å². The van der Waals surface area contributed by atoms with Crippen molar-refractivity contribution in [2.45, 2.75) is 23.3 Å². The van der Waals surface area contributed by atoms with E-state index >= 15 is 0 Å². The molecule has 0 aliphatic rings. The minimum atomic E-state index is -4.84. The van der Waals surface area contributed by atoms with Crippen molar-refractivity contribution in [3.8, 4) is 0 Å². The fraction of sp³-hybridized carbons (Fsp3) is 0.500. The second-order valence-corrected chi connectivity index (χ2v) is 7.08. The second-order valence-electron chi connectivity index (χ2n) is 3.88. The summed E-state index contributed by atoms with van der Waals surface area (Å²) in [6.07, 6.45) is -2.32. The number of carboxylic acids is 4. The second kappa shape index (κ2) is 13.8. The number of hydrogen-bond acceptors (Lipinski definition) is 8. The monoisotopic (exact) mass is 444 g/mol. The van der Waals surface area contributed by atoms with Crippen LogP contribution in [-0.4, -0.2) is 140 Å². The summed E-state index contributed by atoms with van der Waals surface area (Å²) in [4.78, 5) is 40.0. The Balaban J connectivity index is -0.000000173. The Morgan fingerprint density at radius 1 is 0.615 bits per heavy atom. The Morgan fingerprint density at radius 2 is 0.808 bits per heavy atom. The molecule has 0 heterocycles. The van der Waals surface area contributed by atoms with Crippen LogP contribution in [0.15, 0.2) is 0 Å². The van der Waals surface area contributed by atoms with Gasteiger partial charge in [0.05, 0.1) is 12.8 Å². The molecular formula is C8H14Na2O14S2. The molecule has 18 heteroatoms. The van der Waals surface area contributed by atoms with Gasteiger partial charge in [0.1, 0.15) is 0 Å². The van der Waals surface area contributed by atoms with Crippen molar-refractivity contribution in [2.24, 2.45) is 0 Å². The van der Waals surface area contributed by atoms with Gasteiger partial charge in [-0.3, -0.25) is 28.3 Å². The Hall–Kier alpha value is -0.300. The van der Waals surface area contributed by atoms with Gasteiger partial charge in [0.2, 0.25) is 0 Å². The predicted octanol–water partition coefficient (Wildman–Crippen LogP) is -3.69. The molecule has 0 radical (unpaired) electrons. The summed E-state index contributed by atoms with van der Waals surface area (Å²) in [5.74, 6) is -7.00. The first-order valence-electron chi connectivity index (χ1n) is 5.32. The topological polar surface area (TPSA) is 258 Å². The zero-order chi connectivity index (χ0) is 19.9. The maximum absolute atomic E-state index is 10.2. The third-order valence-electron chi connectivity index (χ3n) is 1.99. The van der Waals surface area contributed by atoms with Crippen molar-refractivity contribution < 1.29 is 65.5 Å². The van der Waals surface area contributed by atoms with E-state index in [2.05, 4.69) is 0 Å². The molecule has 14 nitrogen and oxygen atoms in total. The van der Waals surface area contributed by atoms with Crippen LogP contribution in [0.3, 0.4) is 0 Å². The molecule has 6 N–H and O–H groups in total. The fourth-order valence-corrected chi connectivity index (χ4v) is 2.17. The molecule has 0 saturated carbocycles. The quantitative estimate of drug-likeness (QED) is 0.156. The molecule has 0 saturated heterocycles. The predicted molar refractivity (Wildman–Crippen MR) is 84.7 cm³/mol. The van der Waals surface area contributed by atoms with Crippen molar-refractivity contribution in [3.63, 3.8) is 0 Å². The van der Waals surface area contributed by atoms with Gasteiger partial charge in [-0.25, -0.2) is 0 Å². The van der Waals surface area contributed by atoms with E-state index in [-0.39, 0.29) is 59.1 Å². The van der Waals surface area contributed by atoms with E-state index in [9.17, 15) is 36.0 Å². The molecule has 0 aliphatic heterocycles. The molecular weight excluding hydrogens is 430 g/mol. The van der Waals surface area contributed by atoms with Crippen molar-refractivity contribution in [2.75, 3.05) is 0 Å². The normalized spacial score (nSPS) is 12.7. The molecule has 0 aromatic heterocycles. The van der Waals surface area contributed by atoms with Gasteiger partial charge in [-0.1, -0.05) is 0 Å². The Kier molecular flexibility index (Phi) is 17.7. The maximum atomic E-state index is 10.2. The number of hydrogen-bond donors (Lipinski definition) is 6. The van der Waals surface area contributed by atoms with Crippen molar-refractivity contribution >= 4 is 103 Å². The van der Waals surface area contributed by atoms with Gasteiger partial charge in [0.25, 0.3) is 20.2 Å². The van der Waals surface area contributed by atoms with Gasteiger partial charge in [0.15, 0.2) is 10.5 Å². The van der Waals surface area contributed by atoms with Gasteiger partial charge in [-0.05, 0) is 0 Å². The first-order chi connectivity index (χ1) is 10.5. The first-order valence-corrected chi connectivity index (χ1v) is 8.32. The van der Waals surface area contributed by atoms with Gasteiger partial charge in [-0.15, -0.1) is 0 Å². The summed E-state index contributed by atoms with van der Waals surface area (Å²) < 4.78 is 57.3. The van der Waals surface area contributed by atoms with Crippen molar-refractivity contribution in [1.82, 2.24) is 0 Å². The van der Waals surface area contributed by atoms with Crippen LogP contribution in [0, 0.1) is 0 Å². The van der Waals surface area contributed by atoms with Crippen LogP contribution in [0.25, 0.3) is 0 Å². The van der Waals surface area contributed by atoms with Crippen LogP contribution >= 0.6 is 0 Å². The molecule has 0 amide bonds. The molecule has 0 aromatic carbocycles. The van der Waals surface area contributed by atoms with Crippen LogP contribution in [0.5, 0.6) is 0 Å². The van der Waals surface area contributed by atoms with Crippen molar-refractivity contribution in [3.05, 3.63) is 0 Å². The zero-order valence-corrected chi connectivity index (χ0v) is 13.0. The molecule has 0 spiro atoms. The first kappa shape index (κ1) is 33.3. The summed E-state index contributed by atoms with van der Waals surface area (Å²) in [7, 11) is -9.68. The number of aliphatic carboxylic acids is 4.